The number of aromatic nitrogens is 1. The molecule has 1 aromatic rings. The van der Waals surface area contributed by atoms with Crippen LogP contribution in [0, 0.1) is 6.92 Å². The molecule has 1 N–H and O–H groups in total. The topological polar surface area (TPSA) is 60.8 Å². The highest BCUT2D eigenvalue weighted by Gasteiger charge is 2.16. The number of likely N-dealkylation sites (tertiary alicyclic amines) is 1. The van der Waals surface area contributed by atoms with Gasteiger partial charge in [-0.05, 0) is 33.1 Å². The molecule has 0 radical (unpaired) electrons. The van der Waals surface area contributed by atoms with Gasteiger partial charge in [0.05, 0.1) is 17.2 Å². The molecule has 6 nitrogen and oxygen atoms in total. The van der Waals surface area contributed by atoms with Crippen molar-refractivity contribution in [3.05, 3.63) is 16.1 Å². The molecule has 1 amide bonds. The molecule has 1 fully saturated rings. The third kappa shape index (κ3) is 6.54. The third-order valence-electron chi connectivity index (χ3n) is 3.84. The van der Waals surface area contributed by atoms with Crippen LogP contribution in [0.25, 0.3) is 0 Å². The number of hydrogen-bond donors (Lipinski definition) is 1. The number of aliphatic imine (C=N–C) groups is 1. The molecule has 0 saturated carbocycles. The minimum Gasteiger partial charge on any atom is -0.357 e. The van der Waals surface area contributed by atoms with E-state index < -0.39 is 0 Å². The Kier molecular flexibility index (Phi) is 9.57. The maximum absolute atomic E-state index is 12.3. The van der Waals surface area contributed by atoms with Crippen molar-refractivity contribution in [1.82, 2.24) is 20.1 Å². The second-order valence-corrected chi connectivity index (χ2v) is 6.89. The minimum absolute atomic E-state index is 0. The van der Waals surface area contributed by atoms with Crippen LogP contribution in [-0.4, -0.2) is 59.9 Å². The second-order valence-electron chi connectivity index (χ2n) is 5.83. The number of piperidine rings is 1. The molecule has 24 heavy (non-hydrogen) atoms. The molecule has 8 heteroatoms. The van der Waals surface area contributed by atoms with Gasteiger partial charge in [-0.2, -0.15) is 0 Å². The standard InChI is InChI=1S/C16H27N5OS.HI/c1-4-17-16(20(3)11-14-12-23-13(2)19-14)18-10-15(22)21-8-6-5-7-9-21;/h12H,4-11H2,1-3H3,(H,17,18);1H. The van der Waals surface area contributed by atoms with E-state index in [1.807, 2.05) is 30.7 Å². The van der Waals surface area contributed by atoms with E-state index in [4.69, 9.17) is 0 Å². The van der Waals surface area contributed by atoms with Gasteiger partial charge in [-0.1, -0.05) is 0 Å². The SMILES string of the molecule is CCNC(=NCC(=O)N1CCCCC1)N(C)Cc1csc(C)n1.I. The number of thiazole rings is 1. The average molecular weight is 465 g/mol. The fourth-order valence-corrected chi connectivity index (χ4v) is 3.26. The van der Waals surface area contributed by atoms with E-state index in [0.29, 0.717) is 6.54 Å². The maximum atomic E-state index is 12.3. The van der Waals surface area contributed by atoms with E-state index in [1.165, 1.54) is 6.42 Å². The summed E-state index contributed by atoms with van der Waals surface area (Å²) in [5, 5.41) is 6.38. The van der Waals surface area contributed by atoms with Crippen molar-refractivity contribution >= 4 is 47.2 Å². The van der Waals surface area contributed by atoms with Crippen LogP contribution in [0.15, 0.2) is 10.4 Å². The first kappa shape index (κ1) is 21.1. The van der Waals surface area contributed by atoms with E-state index in [1.54, 1.807) is 11.3 Å². The molecule has 1 aromatic heterocycles. The van der Waals surface area contributed by atoms with Crippen molar-refractivity contribution in [3.63, 3.8) is 0 Å². The van der Waals surface area contributed by atoms with Gasteiger partial charge < -0.3 is 15.1 Å². The smallest absolute Gasteiger partial charge is 0.244 e. The summed E-state index contributed by atoms with van der Waals surface area (Å²) in [6.07, 6.45) is 3.45. The lowest BCUT2D eigenvalue weighted by atomic mass is 10.1. The predicted molar refractivity (Wildman–Crippen MR) is 110 cm³/mol. The number of carbonyl (C=O) groups excluding carboxylic acids is 1. The maximum Gasteiger partial charge on any atom is 0.244 e. The second kappa shape index (κ2) is 10.9. The summed E-state index contributed by atoms with van der Waals surface area (Å²) in [4.78, 5) is 25.2. The van der Waals surface area contributed by atoms with Gasteiger partial charge in [-0.25, -0.2) is 9.98 Å². The van der Waals surface area contributed by atoms with Crippen LogP contribution in [0.4, 0.5) is 0 Å². The van der Waals surface area contributed by atoms with Gasteiger partial charge in [0.25, 0.3) is 0 Å². The summed E-state index contributed by atoms with van der Waals surface area (Å²) in [6, 6.07) is 0. The highest BCUT2D eigenvalue weighted by Crippen LogP contribution is 2.10. The molecule has 2 heterocycles. The lowest BCUT2D eigenvalue weighted by molar-refractivity contribution is -0.130. The third-order valence-corrected chi connectivity index (χ3v) is 4.66. The zero-order chi connectivity index (χ0) is 16.7. The summed E-state index contributed by atoms with van der Waals surface area (Å²) in [5.41, 5.74) is 1.03. The Bertz CT molecular complexity index is 542. The van der Waals surface area contributed by atoms with Gasteiger partial charge >= 0.3 is 0 Å². The van der Waals surface area contributed by atoms with Crippen molar-refractivity contribution in [3.8, 4) is 0 Å². The lowest BCUT2D eigenvalue weighted by Gasteiger charge is -2.26. The summed E-state index contributed by atoms with van der Waals surface area (Å²) < 4.78 is 0. The number of rotatable bonds is 5. The van der Waals surface area contributed by atoms with Gasteiger partial charge in [0.15, 0.2) is 5.96 Å². The monoisotopic (exact) mass is 465 g/mol. The number of hydrogen-bond acceptors (Lipinski definition) is 4. The Labute approximate surface area is 165 Å². The highest BCUT2D eigenvalue weighted by atomic mass is 127. The fraction of sp³-hybridized carbons (Fsp3) is 0.688. The zero-order valence-corrected chi connectivity index (χ0v) is 17.9. The predicted octanol–water partition coefficient (Wildman–Crippen LogP) is 2.48. The number of nitrogens with one attached hydrogen (secondary N) is 1. The van der Waals surface area contributed by atoms with Crippen molar-refractivity contribution in [1.29, 1.82) is 0 Å². The van der Waals surface area contributed by atoms with Gasteiger partial charge in [0.2, 0.25) is 5.91 Å². The molecule has 0 unspecified atom stereocenters. The zero-order valence-electron chi connectivity index (χ0n) is 14.7. The van der Waals surface area contributed by atoms with Crippen LogP contribution in [0.5, 0.6) is 0 Å². The summed E-state index contributed by atoms with van der Waals surface area (Å²) in [6.45, 7) is 7.46. The molecule has 0 atom stereocenters. The van der Waals surface area contributed by atoms with Crippen molar-refractivity contribution in [2.24, 2.45) is 4.99 Å². The number of halogens is 1. The number of amides is 1. The van der Waals surface area contributed by atoms with E-state index >= 15 is 0 Å². The first-order chi connectivity index (χ1) is 11.1. The molecular weight excluding hydrogens is 437 g/mol. The first-order valence-electron chi connectivity index (χ1n) is 8.28. The van der Waals surface area contributed by atoms with E-state index in [0.717, 1.165) is 49.1 Å². The van der Waals surface area contributed by atoms with Gasteiger partial charge in [0, 0.05) is 32.1 Å². The molecular formula is C16H28IN5OS. The van der Waals surface area contributed by atoms with Gasteiger partial charge in [0.1, 0.15) is 6.54 Å². The lowest BCUT2D eigenvalue weighted by Crippen LogP contribution is -2.41. The Balaban J connectivity index is 0.00000288. The highest BCUT2D eigenvalue weighted by molar-refractivity contribution is 14.0. The molecule has 1 saturated heterocycles. The molecule has 0 aromatic carbocycles. The molecule has 1 aliphatic heterocycles. The molecule has 136 valence electrons. The molecule has 0 aliphatic carbocycles. The van der Waals surface area contributed by atoms with Gasteiger partial charge in [-0.15, -0.1) is 35.3 Å². The summed E-state index contributed by atoms with van der Waals surface area (Å²) >= 11 is 1.65. The van der Waals surface area contributed by atoms with Crippen LogP contribution >= 0.6 is 35.3 Å². The Morgan fingerprint density at radius 2 is 2.12 bits per heavy atom. The number of aryl methyl sites for hydroxylation is 1. The normalized spacial score (nSPS) is 15.0. The summed E-state index contributed by atoms with van der Waals surface area (Å²) in [5.74, 6) is 0.876. The Morgan fingerprint density at radius 1 is 1.42 bits per heavy atom. The van der Waals surface area contributed by atoms with Crippen LogP contribution in [0.2, 0.25) is 0 Å². The molecule has 0 bridgehead atoms. The molecule has 2 rings (SSSR count). The van der Waals surface area contributed by atoms with E-state index in [-0.39, 0.29) is 36.4 Å². The van der Waals surface area contributed by atoms with Crippen molar-refractivity contribution in [2.75, 3.05) is 33.2 Å². The Hall–Kier alpha value is -0.900. The van der Waals surface area contributed by atoms with Crippen LogP contribution < -0.4 is 5.32 Å². The first-order valence-corrected chi connectivity index (χ1v) is 9.16. The average Bonchev–Trinajstić information content (AvgIpc) is 2.96. The van der Waals surface area contributed by atoms with Crippen molar-refractivity contribution < 1.29 is 4.79 Å². The van der Waals surface area contributed by atoms with Crippen LogP contribution in [-0.2, 0) is 11.3 Å². The minimum atomic E-state index is 0. The molecule has 0 spiro atoms. The fourth-order valence-electron chi connectivity index (χ4n) is 2.65. The van der Waals surface area contributed by atoms with Crippen molar-refractivity contribution in [2.45, 2.75) is 39.7 Å². The van der Waals surface area contributed by atoms with Crippen LogP contribution in [0.3, 0.4) is 0 Å². The summed E-state index contributed by atoms with van der Waals surface area (Å²) in [7, 11) is 1.97. The largest absolute Gasteiger partial charge is 0.357 e. The number of carbonyl (C=O) groups is 1. The number of guanidine groups is 1. The van der Waals surface area contributed by atoms with E-state index in [2.05, 4.69) is 20.7 Å². The van der Waals surface area contributed by atoms with Crippen LogP contribution in [0.1, 0.15) is 36.9 Å². The Morgan fingerprint density at radius 3 is 2.71 bits per heavy atom. The molecule has 1 aliphatic rings. The number of nitrogens with zero attached hydrogens (tertiary/aromatic N) is 4. The van der Waals surface area contributed by atoms with Gasteiger partial charge in [-0.3, -0.25) is 4.79 Å². The quantitative estimate of drug-likeness (QED) is 0.413. The van der Waals surface area contributed by atoms with E-state index in [9.17, 15) is 4.79 Å².